The Morgan fingerprint density at radius 2 is 1.16 bits per heavy atom. The summed E-state index contributed by atoms with van der Waals surface area (Å²) in [7, 11) is 0. The summed E-state index contributed by atoms with van der Waals surface area (Å²) in [6, 6.07) is 0. The molecule has 0 fully saturated rings. The van der Waals surface area contributed by atoms with Gasteiger partial charge in [-0.3, -0.25) is 9.59 Å². The average Bonchev–Trinajstić information content (AvgIpc) is 2.30. The van der Waals surface area contributed by atoms with Crippen LogP contribution in [0.4, 0.5) is 0 Å². The normalized spacial score (nSPS) is 8.21. The predicted octanol–water partition coefficient (Wildman–Crippen LogP) is -0.207. The molecule has 0 saturated heterocycles. The number of carbonyl (C=O) groups excluding carboxylic acids is 2. The minimum atomic E-state index is -1.14. The summed E-state index contributed by atoms with van der Waals surface area (Å²) in [6.45, 7) is 0. The molecule has 0 aromatic rings. The van der Waals surface area contributed by atoms with Gasteiger partial charge in [0.2, 0.25) is 0 Å². The lowest BCUT2D eigenvalue weighted by Crippen LogP contribution is -2.08. The number of carboxylic acid groups (broad SMARTS) is 2. The minimum Gasteiger partial charge on any atom is -0.481 e. The van der Waals surface area contributed by atoms with E-state index in [0.717, 1.165) is 0 Å². The number of carbonyl (C=O) groups is 4. The summed E-state index contributed by atoms with van der Waals surface area (Å²) in [5.41, 5.74) is 0. The standard InChI is InChI=1S/C12H10O7/c13-9(14)5-1-3-7-11(17)19-12(18)8-4-2-6-10(15)16/h1-2,5-6H2,(H,13,14)(H,15,16). The van der Waals surface area contributed by atoms with Crippen LogP contribution in [0, 0.1) is 23.7 Å². The lowest BCUT2D eigenvalue weighted by atomic mass is 10.3. The van der Waals surface area contributed by atoms with Crippen LogP contribution in [0.15, 0.2) is 0 Å². The molecule has 0 aromatic carbocycles. The zero-order valence-electron chi connectivity index (χ0n) is 9.76. The van der Waals surface area contributed by atoms with Crippen LogP contribution in [0.5, 0.6) is 0 Å². The van der Waals surface area contributed by atoms with Gasteiger partial charge < -0.3 is 14.9 Å². The van der Waals surface area contributed by atoms with Crippen molar-refractivity contribution in [2.24, 2.45) is 0 Å². The Hall–Kier alpha value is -2.80. The average molecular weight is 266 g/mol. The van der Waals surface area contributed by atoms with Crippen molar-refractivity contribution in [3.63, 3.8) is 0 Å². The lowest BCUT2D eigenvalue weighted by molar-refractivity contribution is -0.151. The third-order valence-electron chi connectivity index (χ3n) is 1.49. The molecule has 0 aliphatic heterocycles. The van der Waals surface area contributed by atoms with Gasteiger partial charge in [0, 0.05) is 24.7 Å². The Labute approximate surface area is 108 Å². The monoisotopic (exact) mass is 266 g/mol. The van der Waals surface area contributed by atoms with Crippen LogP contribution in [0.25, 0.3) is 0 Å². The SMILES string of the molecule is O=C(O)CCC#CC(=O)OC(=O)C#CCCC(=O)O. The highest BCUT2D eigenvalue weighted by molar-refractivity contribution is 6.02. The van der Waals surface area contributed by atoms with Gasteiger partial charge in [0.25, 0.3) is 0 Å². The second-order valence-electron chi connectivity index (χ2n) is 3.07. The fourth-order valence-corrected chi connectivity index (χ4v) is 0.743. The molecular weight excluding hydrogens is 256 g/mol. The first-order chi connectivity index (χ1) is 8.91. The highest BCUT2D eigenvalue weighted by Crippen LogP contribution is 1.87. The number of rotatable bonds is 4. The third-order valence-corrected chi connectivity index (χ3v) is 1.49. The Balaban J connectivity index is 4.01. The van der Waals surface area contributed by atoms with Crippen molar-refractivity contribution in [1.82, 2.24) is 0 Å². The third kappa shape index (κ3) is 11.5. The largest absolute Gasteiger partial charge is 0.481 e. The number of hydrogen-bond acceptors (Lipinski definition) is 5. The number of ether oxygens (including phenoxy) is 1. The zero-order valence-corrected chi connectivity index (χ0v) is 9.76. The molecule has 0 amide bonds. The van der Waals surface area contributed by atoms with Crippen LogP contribution in [0.3, 0.4) is 0 Å². The highest BCUT2D eigenvalue weighted by Gasteiger charge is 2.04. The number of aliphatic carboxylic acids is 2. The summed E-state index contributed by atoms with van der Waals surface area (Å²) < 4.78 is 4.14. The van der Waals surface area contributed by atoms with Gasteiger partial charge in [0.1, 0.15) is 0 Å². The highest BCUT2D eigenvalue weighted by atomic mass is 16.6. The van der Waals surface area contributed by atoms with Crippen LogP contribution < -0.4 is 0 Å². The van der Waals surface area contributed by atoms with E-state index in [9.17, 15) is 19.2 Å². The van der Waals surface area contributed by atoms with E-state index in [-0.39, 0.29) is 25.7 Å². The van der Waals surface area contributed by atoms with Crippen molar-refractivity contribution < 1.29 is 34.1 Å². The van der Waals surface area contributed by atoms with Gasteiger partial charge in [-0.15, -0.1) is 0 Å². The molecule has 7 nitrogen and oxygen atoms in total. The van der Waals surface area contributed by atoms with E-state index in [4.69, 9.17) is 10.2 Å². The molecule has 0 unspecified atom stereocenters. The maximum absolute atomic E-state index is 10.9. The van der Waals surface area contributed by atoms with E-state index < -0.39 is 23.9 Å². The second-order valence-corrected chi connectivity index (χ2v) is 3.07. The first-order valence-electron chi connectivity index (χ1n) is 5.09. The quantitative estimate of drug-likeness (QED) is 0.313. The molecule has 100 valence electrons. The number of carboxylic acids is 2. The summed E-state index contributed by atoms with van der Waals surface area (Å²) in [6.07, 6.45) is -0.516. The zero-order chi connectivity index (χ0) is 14.7. The van der Waals surface area contributed by atoms with Gasteiger partial charge in [-0.1, -0.05) is 11.8 Å². The fourth-order valence-electron chi connectivity index (χ4n) is 0.743. The van der Waals surface area contributed by atoms with E-state index in [1.165, 1.54) is 0 Å². The molecule has 0 saturated carbocycles. The van der Waals surface area contributed by atoms with Crippen molar-refractivity contribution >= 4 is 23.9 Å². The Morgan fingerprint density at radius 1 is 0.789 bits per heavy atom. The molecular formula is C12H10O7. The lowest BCUT2D eigenvalue weighted by Gasteiger charge is -1.89. The van der Waals surface area contributed by atoms with Crippen molar-refractivity contribution in [1.29, 1.82) is 0 Å². The maximum atomic E-state index is 10.9. The molecule has 0 radical (unpaired) electrons. The minimum absolute atomic E-state index is 0.0388. The Morgan fingerprint density at radius 3 is 1.47 bits per heavy atom. The molecule has 0 aromatic heterocycles. The van der Waals surface area contributed by atoms with Gasteiger partial charge in [-0.2, -0.15) is 0 Å². The van der Waals surface area contributed by atoms with E-state index >= 15 is 0 Å². The first-order valence-corrected chi connectivity index (χ1v) is 5.09. The fraction of sp³-hybridized carbons (Fsp3) is 0.333. The molecule has 0 atom stereocenters. The Kier molecular flexibility index (Phi) is 7.89. The van der Waals surface area contributed by atoms with Crippen LogP contribution >= 0.6 is 0 Å². The molecule has 7 heteroatoms. The van der Waals surface area contributed by atoms with Gasteiger partial charge in [0.05, 0.1) is 12.8 Å². The molecule has 0 aliphatic rings. The van der Waals surface area contributed by atoms with Crippen molar-refractivity contribution in [2.45, 2.75) is 25.7 Å². The van der Waals surface area contributed by atoms with Crippen LogP contribution in [0.2, 0.25) is 0 Å². The maximum Gasteiger partial charge on any atom is 0.392 e. The summed E-state index contributed by atoms with van der Waals surface area (Å²) in [5.74, 6) is 3.90. The molecule has 0 heterocycles. The second kappa shape index (κ2) is 9.25. The Bertz CT molecular complexity index is 450. The first kappa shape index (κ1) is 16.2. The molecule has 2 N–H and O–H groups in total. The van der Waals surface area contributed by atoms with Crippen molar-refractivity contribution in [3.8, 4) is 23.7 Å². The topological polar surface area (TPSA) is 118 Å². The van der Waals surface area contributed by atoms with Crippen LogP contribution in [-0.4, -0.2) is 34.1 Å². The predicted molar refractivity (Wildman–Crippen MR) is 60.4 cm³/mol. The summed E-state index contributed by atoms with van der Waals surface area (Å²) >= 11 is 0. The van der Waals surface area contributed by atoms with E-state index in [1.54, 1.807) is 0 Å². The van der Waals surface area contributed by atoms with Gasteiger partial charge >= 0.3 is 23.9 Å². The van der Waals surface area contributed by atoms with Crippen molar-refractivity contribution in [2.75, 3.05) is 0 Å². The molecule has 0 spiro atoms. The summed E-state index contributed by atoms with van der Waals surface area (Å²) in [4.78, 5) is 42.1. The van der Waals surface area contributed by atoms with Gasteiger partial charge in [-0.05, 0) is 0 Å². The smallest absolute Gasteiger partial charge is 0.392 e. The van der Waals surface area contributed by atoms with Crippen molar-refractivity contribution in [3.05, 3.63) is 0 Å². The molecule has 0 aliphatic carbocycles. The number of esters is 2. The molecule has 0 bridgehead atoms. The van der Waals surface area contributed by atoms with Gasteiger partial charge in [0.15, 0.2) is 0 Å². The summed E-state index contributed by atoms with van der Waals surface area (Å²) in [5, 5.41) is 16.6. The van der Waals surface area contributed by atoms with Gasteiger partial charge in [-0.25, -0.2) is 9.59 Å². The van der Waals surface area contributed by atoms with E-state index in [0.29, 0.717) is 0 Å². The number of hydrogen-bond donors (Lipinski definition) is 2. The molecule has 0 rings (SSSR count). The van der Waals surface area contributed by atoms with Crippen LogP contribution in [0.1, 0.15) is 25.7 Å². The van der Waals surface area contributed by atoms with Crippen LogP contribution in [-0.2, 0) is 23.9 Å². The molecule has 19 heavy (non-hydrogen) atoms. The van der Waals surface area contributed by atoms with E-state index in [2.05, 4.69) is 16.6 Å². The van der Waals surface area contributed by atoms with E-state index in [1.807, 2.05) is 11.8 Å².